The first kappa shape index (κ1) is 16.9. The Morgan fingerprint density at radius 2 is 2.08 bits per heavy atom. The molecular formula is C19H21N5OS. The van der Waals surface area contributed by atoms with E-state index in [4.69, 9.17) is 4.98 Å². The molecule has 3 aromatic heterocycles. The van der Waals surface area contributed by atoms with E-state index in [-0.39, 0.29) is 5.91 Å². The summed E-state index contributed by atoms with van der Waals surface area (Å²) in [4.78, 5) is 24.3. The quantitative estimate of drug-likeness (QED) is 0.709. The third kappa shape index (κ3) is 2.92. The van der Waals surface area contributed by atoms with Gasteiger partial charge < -0.3 is 0 Å². The van der Waals surface area contributed by atoms with E-state index in [1.54, 1.807) is 47.8 Å². The fraction of sp³-hybridized carbons (Fsp3) is 0.368. The van der Waals surface area contributed by atoms with Crippen molar-refractivity contribution in [3.8, 4) is 11.3 Å². The molecule has 0 atom stereocenters. The molecule has 1 aliphatic rings. The summed E-state index contributed by atoms with van der Waals surface area (Å²) in [6.07, 6.45) is 7.09. The van der Waals surface area contributed by atoms with Gasteiger partial charge in [-0.2, -0.15) is 5.10 Å². The molecule has 0 aliphatic heterocycles. The van der Waals surface area contributed by atoms with E-state index in [0.29, 0.717) is 11.5 Å². The number of anilines is 1. The largest absolute Gasteiger partial charge is 0.287 e. The number of hydrogen-bond acceptors (Lipinski definition) is 5. The minimum absolute atomic E-state index is 0.0748. The lowest BCUT2D eigenvalue weighted by molar-refractivity contribution is 0.0993. The molecule has 0 radical (unpaired) electrons. The molecular weight excluding hydrogens is 346 g/mol. The van der Waals surface area contributed by atoms with Crippen molar-refractivity contribution >= 4 is 22.4 Å². The zero-order chi connectivity index (χ0) is 18.3. The second-order valence-electron chi connectivity index (χ2n) is 6.95. The molecule has 6 nitrogen and oxygen atoms in total. The SMILES string of the molecule is CC(C)Cn1ncc2c1CCc1sc(N(C)C(=O)c3ccncc3)nc1-2. The zero-order valence-electron chi connectivity index (χ0n) is 15.1. The van der Waals surface area contributed by atoms with Gasteiger partial charge in [0.05, 0.1) is 11.9 Å². The maximum atomic E-state index is 12.7. The summed E-state index contributed by atoms with van der Waals surface area (Å²) in [5.41, 5.74) is 3.96. The summed E-state index contributed by atoms with van der Waals surface area (Å²) in [7, 11) is 1.77. The number of fused-ring (bicyclic) bond motifs is 3. The minimum atomic E-state index is -0.0748. The van der Waals surface area contributed by atoms with Crippen LogP contribution in [-0.4, -0.2) is 32.7 Å². The molecule has 0 saturated heterocycles. The minimum Gasteiger partial charge on any atom is -0.287 e. The van der Waals surface area contributed by atoms with Crippen molar-refractivity contribution in [1.82, 2.24) is 19.7 Å². The van der Waals surface area contributed by atoms with Crippen molar-refractivity contribution < 1.29 is 4.79 Å². The van der Waals surface area contributed by atoms with Crippen LogP contribution in [0.4, 0.5) is 5.13 Å². The van der Waals surface area contributed by atoms with Gasteiger partial charge in [0.1, 0.15) is 0 Å². The molecule has 3 heterocycles. The van der Waals surface area contributed by atoms with Crippen molar-refractivity contribution in [3.05, 3.63) is 46.9 Å². The highest BCUT2D eigenvalue weighted by Crippen LogP contribution is 2.39. The fourth-order valence-electron chi connectivity index (χ4n) is 3.25. The number of nitrogens with zero attached hydrogens (tertiary/aromatic N) is 5. The van der Waals surface area contributed by atoms with Gasteiger partial charge >= 0.3 is 0 Å². The van der Waals surface area contributed by atoms with Crippen LogP contribution in [-0.2, 0) is 19.4 Å². The van der Waals surface area contributed by atoms with E-state index < -0.39 is 0 Å². The number of aryl methyl sites for hydroxylation is 1. The standard InChI is InChI=1S/C19H21N5OS/c1-12(2)11-24-15-4-5-16-17(14(15)10-21-24)22-19(26-16)23(3)18(25)13-6-8-20-9-7-13/h6-10,12H,4-5,11H2,1-3H3. The normalized spacial score (nSPS) is 12.8. The Labute approximate surface area is 156 Å². The molecule has 1 amide bonds. The second-order valence-corrected chi connectivity index (χ2v) is 8.01. The van der Waals surface area contributed by atoms with Crippen LogP contribution < -0.4 is 4.90 Å². The van der Waals surface area contributed by atoms with E-state index >= 15 is 0 Å². The first-order valence-corrected chi connectivity index (χ1v) is 9.59. The van der Waals surface area contributed by atoms with Crippen molar-refractivity contribution in [2.24, 2.45) is 5.92 Å². The van der Waals surface area contributed by atoms with Crippen molar-refractivity contribution in [3.63, 3.8) is 0 Å². The lowest BCUT2D eigenvalue weighted by Crippen LogP contribution is -2.26. The highest BCUT2D eigenvalue weighted by molar-refractivity contribution is 7.16. The monoisotopic (exact) mass is 367 g/mol. The molecule has 26 heavy (non-hydrogen) atoms. The Bertz CT molecular complexity index is 944. The molecule has 134 valence electrons. The Kier molecular flexibility index (Phi) is 4.32. The molecule has 3 aromatic rings. The number of pyridine rings is 1. The first-order valence-electron chi connectivity index (χ1n) is 8.77. The van der Waals surface area contributed by atoms with Gasteiger partial charge in [-0.05, 0) is 30.9 Å². The third-order valence-electron chi connectivity index (χ3n) is 4.54. The molecule has 0 fully saturated rings. The fourth-order valence-corrected chi connectivity index (χ4v) is 4.28. The number of thiazole rings is 1. The molecule has 7 heteroatoms. The van der Waals surface area contributed by atoms with Crippen molar-refractivity contribution in [2.75, 3.05) is 11.9 Å². The first-order chi connectivity index (χ1) is 12.5. The average molecular weight is 367 g/mol. The molecule has 0 N–H and O–H groups in total. The summed E-state index contributed by atoms with van der Waals surface area (Å²) in [6.45, 7) is 5.31. The maximum Gasteiger partial charge on any atom is 0.259 e. The summed E-state index contributed by atoms with van der Waals surface area (Å²) in [5, 5.41) is 5.29. The molecule has 4 rings (SSSR count). The highest BCUT2D eigenvalue weighted by Gasteiger charge is 2.27. The van der Waals surface area contributed by atoms with E-state index in [0.717, 1.165) is 35.8 Å². The van der Waals surface area contributed by atoms with Gasteiger partial charge in [0.25, 0.3) is 5.91 Å². The summed E-state index contributed by atoms with van der Waals surface area (Å²) in [5.74, 6) is 0.477. The Morgan fingerprint density at radius 3 is 2.81 bits per heavy atom. The van der Waals surface area contributed by atoms with E-state index in [9.17, 15) is 4.79 Å². The van der Waals surface area contributed by atoms with Crippen LogP contribution in [0.1, 0.15) is 34.8 Å². The Morgan fingerprint density at radius 1 is 1.31 bits per heavy atom. The maximum absolute atomic E-state index is 12.7. The number of aromatic nitrogens is 4. The molecule has 0 saturated carbocycles. The smallest absolute Gasteiger partial charge is 0.259 e. The van der Waals surface area contributed by atoms with Crippen LogP contribution in [0.5, 0.6) is 0 Å². The van der Waals surface area contributed by atoms with E-state index in [2.05, 4.69) is 28.6 Å². The van der Waals surface area contributed by atoms with Crippen molar-refractivity contribution in [1.29, 1.82) is 0 Å². The van der Waals surface area contributed by atoms with Crippen LogP contribution in [0.25, 0.3) is 11.3 Å². The van der Waals surface area contributed by atoms with Gasteiger partial charge in [-0.1, -0.05) is 13.8 Å². The van der Waals surface area contributed by atoms with Crippen LogP contribution >= 0.6 is 11.3 Å². The molecule has 0 unspecified atom stereocenters. The summed E-state index contributed by atoms with van der Waals surface area (Å²) >= 11 is 1.59. The lowest BCUT2D eigenvalue weighted by Gasteiger charge is -2.14. The molecule has 1 aliphatic carbocycles. The number of carbonyl (C=O) groups excluding carboxylic acids is 1. The summed E-state index contributed by atoms with van der Waals surface area (Å²) in [6, 6.07) is 3.45. The number of carbonyl (C=O) groups is 1. The van der Waals surface area contributed by atoms with Crippen LogP contribution in [0.15, 0.2) is 30.7 Å². The number of rotatable bonds is 4. The highest BCUT2D eigenvalue weighted by atomic mass is 32.1. The average Bonchev–Trinajstić information content (AvgIpc) is 3.24. The lowest BCUT2D eigenvalue weighted by atomic mass is 10.0. The predicted octanol–water partition coefficient (Wildman–Crippen LogP) is 3.43. The third-order valence-corrected chi connectivity index (χ3v) is 5.73. The zero-order valence-corrected chi connectivity index (χ0v) is 16.0. The summed E-state index contributed by atoms with van der Waals surface area (Å²) < 4.78 is 2.10. The Balaban J connectivity index is 1.65. The van der Waals surface area contributed by atoms with Crippen LogP contribution in [0, 0.1) is 5.92 Å². The number of amides is 1. The van der Waals surface area contributed by atoms with E-state index in [1.807, 2.05) is 6.20 Å². The second kappa shape index (κ2) is 6.64. The predicted molar refractivity (Wildman–Crippen MR) is 103 cm³/mol. The topological polar surface area (TPSA) is 63.9 Å². The Hall–Kier alpha value is -2.54. The molecule has 0 aromatic carbocycles. The van der Waals surface area contributed by atoms with Gasteiger partial charge in [-0.15, -0.1) is 11.3 Å². The van der Waals surface area contributed by atoms with E-state index in [1.165, 1.54) is 10.6 Å². The van der Waals surface area contributed by atoms with Crippen molar-refractivity contribution in [2.45, 2.75) is 33.2 Å². The van der Waals surface area contributed by atoms with Gasteiger partial charge in [0.15, 0.2) is 5.13 Å². The van der Waals surface area contributed by atoms with Crippen LogP contribution in [0.2, 0.25) is 0 Å². The molecule has 0 spiro atoms. The van der Waals surface area contributed by atoms with Crippen LogP contribution in [0.3, 0.4) is 0 Å². The van der Waals surface area contributed by atoms with Gasteiger partial charge in [0.2, 0.25) is 0 Å². The number of hydrogen-bond donors (Lipinski definition) is 0. The van der Waals surface area contributed by atoms with Gasteiger partial charge in [-0.25, -0.2) is 4.98 Å². The van der Waals surface area contributed by atoms with Gasteiger partial charge in [0, 0.05) is 47.7 Å². The van der Waals surface area contributed by atoms with Gasteiger partial charge in [-0.3, -0.25) is 19.4 Å². The molecule has 0 bridgehead atoms.